The van der Waals surface area contributed by atoms with Gasteiger partial charge in [0.15, 0.2) is 0 Å². The topological polar surface area (TPSA) is 58.9 Å². The molecule has 0 aromatic heterocycles. The lowest BCUT2D eigenvalue weighted by Crippen LogP contribution is -2.24. The van der Waals surface area contributed by atoms with E-state index in [1.807, 2.05) is 42.5 Å². The highest BCUT2D eigenvalue weighted by Crippen LogP contribution is 2.37. The summed E-state index contributed by atoms with van der Waals surface area (Å²) in [6.07, 6.45) is 2.54. The van der Waals surface area contributed by atoms with Crippen LogP contribution in [0.5, 0.6) is 23.0 Å². The second-order valence-corrected chi connectivity index (χ2v) is 6.53. The molecule has 1 aliphatic heterocycles. The van der Waals surface area contributed by atoms with E-state index in [1.54, 1.807) is 31.4 Å². The monoisotopic (exact) mass is 360 g/mol. The van der Waals surface area contributed by atoms with Crippen LogP contribution in [0.4, 0.5) is 0 Å². The molecule has 3 aromatic rings. The predicted molar refractivity (Wildman–Crippen MR) is 105 cm³/mol. The zero-order valence-electron chi connectivity index (χ0n) is 14.9. The van der Waals surface area contributed by atoms with E-state index in [4.69, 9.17) is 9.47 Å². The lowest BCUT2D eigenvalue weighted by Gasteiger charge is -2.28. The average molecular weight is 360 g/mol. The molecule has 1 unspecified atom stereocenters. The molecule has 1 heterocycles. The first-order valence-corrected chi connectivity index (χ1v) is 8.76. The van der Waals surface area contributed by atoms with Gasteiger partial charge in [-0.1, -0.05) is 24.3 Å². The minimum atomic E-state index is -0.211. The van der Waals surface area contributed by atoms with Crippen molar-refractivity contribution >= 4 is 11.6 Å². The van der Waals surface area contributed by atoms with Crippen LogP contribution in [0.1, 0.15) is 16.7 Å². The fraction of sp³-hybridized carbons (Fsp3) is 0.130. The molecule has 2 N–H and O–H groups in total. The van der Waals surface area contributed by atoms with Gasteiger partial charge in [-0.15, -0.1) is 0 Å². The number of benzene rings is 3. The van der Waals surface area contributed by atoms with Gasteiger partial charge in [-0.3, -0.25) is 0 Å². The maximum Gasteiger partial charge on any atom is 0.131 e. The number of hydrogen-bond acceptors (Lipinski definition) is 4. The van der Waals surface area contributed by atoms with Gasteiger partial charge in [0.1, 0.15) is 29.1 Å². The minimum Gasteiger partial charge on any atom is -0.508 e. The summed E-state index contributed by atoms with van der Waals surface area (Å²) in [6.45, 7) is 0. The SMILES string of the molecule is COc1ccc(CC2Oc3cc(O)ccc3C=C2c2ccc(O)cc2)cc1. The lowest BCUT2D eigenvalue weighted by molar-refractivity contribution is 0.254. The van der Waals surface area contributed by atoms with Crippen molar-refractivity contribution in [3.05, 3.63) is 83.4 Å². The van der Waals surface area contributed by atoms with E-state index in [-0.39, 0.29) is 17.6 Å². The number of aromatic hydroxyl groups is 2. The van der Waals surface area contributed by atoms with Crippen LogP contribution in [-0.2, 0) is 6.42 Å². The highest BCUT2D eigenvalue weighted by molar-refractivity contribution is 5.87. The van der Waals surface area contributed by atoms with E-state index in [1.165, 1.54) is 0 Å². The molecule has 0 saturated carbocycles. The largest absolute Gasteiger partial charge is 0.508 e. The lowest BCUT2D eigenvalue weighted by atomic mass is 9.91. The number of ether oxygens (including phenoxy) is 2. The Kier molecular flexibility index (Phi) is 4.47. The summed E-state index contributed by atoms with van der Waals surface area (Å²) >= 11 is 0. The second kappa shape index (κ2) is 7.08. The molecule has 4 rings (SSSR count). The fourth-order valence-corrected chi connectivity index (χ4v) is 3.27. The number of methoxy groups -OCH3 is 1. The van der Waals surface area contributed by atoms with E-state index >= 15 is 0 Å². The van der Waals surface area contributed by atoms with E-state index in [0.717, 1.165) is 28.0 Å². The Morgan fingerprint density at radius 1 is 0.889 bits per heavy atom. The molecule has 0 saturated heterocycles. The molecular weight excluding hydrogens is 340 g/mol. The van der Waals surface area contributed by atoms with Crippen LogP contribution < -0.4 is 9.47 Å². The number of fused-ring (bicyclic) bond motifs is 1. The van der Waals surface area contributed by atoms with Crippen LogP contribution in [0.3, 0.4) is 0 Å². The van der Waals surface area contributed by atoms with Crippen LogP contribution in [-0.4, -0.2) is 23.4 Å². The Balaban J connectivity index is 1.71. The summed E-state index contributed by atoms with van der Waals surface area (Å²) in [4.78, 5) is 0. The highest BCUT2D eigenvalue weighted by Gasteiger charge is 2.24. The fourth-order valence-electron chi connectivity index (χ4n) is 3.27. The second-order valence-electron chi connectivity index (χ2n) is 6.53. The van der Waals surface area contributed by atoms with Gasteiger partial charge in [-0.25, -0.2) is 0 Å². The molecule has 27 heavy (non-hydrogen) atoms. The average Bonchev–Trinajstić information content (AvgIpc) is 2.69. The standard InChI is InChI=1S/C23H20O4/c1-26-20-10-2-15(3-11-20)12-23-21(16-4-7-18(24)8-5-16)13-17-6-9-19(25)14-22(17)27-23/h2-11,13-14,23-25H,12H2,1H3. The Hall–Kier alpha value is -3.40. The van der Waals surface area contributed by atoms with Crippen molar-refractivity contribution in [2.45, 2.75) is 12.5 Å². The van der Waals surface area contributed by atoms with Gasteiger partial charge in [0.2, 0.25) is 0 Å². The van der Waals surface area contributed by atoms with E-state index in [2.05, 4.69) is 6.08 Å². The van der Waals surface area contributed by atoms with Gasteiger partial charge < -0.3 is 19.7 Å². The summed E-state index contributed by atoms with van der Waals surface area (Å²) in [7, 11) is 1.65. The van der Waals surface area contributed by atoms with Gasteiger partial charge in [0, 0.05) is 23.6 Å². The zero-order valence-corrected chi connectivity index (χ0v) is 14.9. The Morgan fingerprint density at radius 2 is 1.59 bits per heavy atom. The normalized spacial score (nSPS) is 15.4. The third-order valence-electron chi connectivity index (χ3n) is 4.71. The molecule has 0 amide bonds. The molecule has 3 aromatic carbocycles. The predicted octanol–water partition coefficient (Wildman–Crippen LogP) is 4.65. The van der Waals surface area contributed by atoms with Crippen molar-refractivity contribution in [3.63, 3.8) is 0 Å². The van der Waals surface area contributed by atoms with Crippen LogP contribution in [0, 0.1) is 0 Å². The molecule has 4 nitrogen and oxygen atoms in total. The molecule has 4 heteroatoms. The Bertz CT molecular complexity index is 972. The first-order valence-electron chi connectivity index (χ1n) is 8.76. The van der Waals surface area contributed by atoms with Crippen molar-refractivity contribution in [1.82, 2.24) is 0 Å². The smallest absolute Gasteiger partial charge is 0.131 e. The Labute approximate surface area is 157 Å². The Morgan fingerprint density at radius 3 is 2.30 bits per heavy atom. The molecule has 1 aliphatic rings. The molecule has 0 spiro atoms. The van der Waals surface area contributed by atoms with Crippen molar-refractivity contribution in [1.29, 1.82) is 0 Å². The zero-order chi connectivity index (χ0) is 18.8. The first-order chi connectivity index (χ1) is 13.1. The van der Waals surface area contributed by atoms with Gasteiger partial charge >= 0.3 is 0 Å². The molecule has 0 radical (unpaired) electrons. The van der Waals surface area contributed by atoms with Gasteiger partial charge in [0.05, 0.1) is 7.11 Å². The molecule has 0 fully saturated rings. The summed E-state index contributed by atoms with van der Waals surface area (Å²) < 4.78 is 11.5. The van der Waals surface area contributed by atoms with Crippen molar-refractivity contribution in [2.24, 2.45) is 0 Å². The summed E-state index contributed by atoms with van der Waals surface area (Å²) in [5.41, 5.74) is 4.06. The molecular formula is C23H20O4. The van der Waals surface area contributed by atoms with Crippen LogP contribution >= 0.6 is 0 Å². The van der Waals surface area contributed by atoms with Crippen LogP contribution in [0.15, 0.2) is 66.7 Å². The maximum atomic E-state index is 9.79. The van der Waals surface area contributed by atoms with Gasteiger partial charge in [0.25, 0.3) is 0 Å². The van der Waals surface area contributed by atoms with Crippen molar-refractivity contribution in [2.75, 3.05) is 7.11 Å². The molecule has 0 bridgehead atoms. The van der Waals surface area contributed by atoms with Crippen molar-refractivity contribution < 1.29 is 19.7 Å². The van der Waals surface area contributed by atoms with Crippen LogP contribution in [0.2, 0.25) is 0 Å². The number of hydrogen-bond donors (Lipinski definition) is 2. The summed E-state index contributed by atoms with van der Waals surface area (Å²) in [6, 6.07) is 20.2. The molecule has 136 valence electrons. The van der Waals surface area contributed by atoms with Crippen LogP contribution in [0.25, 0.3) is 11.6 Å². The number of phenols is 2. The highest BCUT2D eigenvalue weighted by atomic mass is 16.5. The van der Waals surface area contributed by atoms with Crippen molar-refractivity contribution in [3.8, 4) is 23.0 Å². The first kappa shape index (κ1) is 17.0. The maximum absolute atomic E-state index is 9.79. The molecule has 0 aliphatic carbocycles. The third-order valence-corrected chi connectivity index (χ3v) is 4.71. The third kappa shape index (κ3) is 3.60. The summed E-state index contributed by atoms with van der Waals surface area (Å²) in [5.74, 6) is 1.88. The van der Waals surface area contributed by atoms with Gasteiger partial charge in [-0.2, -0.15) is 0 Å². The van der Waals surface area contributed by atoms with E-state index < -0.39 is 0 Å². The summed E-state index contributed by atoms with van der Waals surface area (Å²) in [5, 5.41) is 19.4. The number of phenolic OH excluding ortho intramolecular Hbond substituents is 2. The van der Waals surface area contributed by atoms with E-state index in [9.17, 15) is 10.2 Å². The number of rotatable bonds is 4. The quantitative estimate of drug-likeness (QED) is 0.711. The molecule has 1 atom stereocenters. The van der Waals surface area contributed by atoms with Gasteiger partial charge in [-0.05, 0) is 53.6 Å². The minimum absolute atomic E-state index is 0.179. The van der Waals surface area contributed by atoms with E-state index in [0.29, 0.717) is 12.2 Å².